The molecule has 84 valence electrons. The van der Waals surface area contributed by atoms with E-state index >= 15 is 0 Å². The highest BCUT2D eigenvalue weighted by Gasteiger charge is 2.52. The molecular weight excluding hydrogens is 199 g/mol. The fraction of sp³-hybridized carbons (Fsp3) is 0.857. The molecule has 2 N–H and O–H groups in total. The van der Waals surface area contributed by atoms with Crippen LogP contribution in [0.25, 0.3) is 0 Å². The third kappa shape index (κ3) is 1.98. The van der Waals surface area contributed by atoms with Crippen LogP contribution >= 0.6 is 0 Å². The minimum absolute atomic E-state index is 0. The molecule has 1 fully saturated rings. The van der Waals surface area contributed by atoms with Gasteiger partial charge in [0.1, 0.15) is 6.04 Å². The van der Waals surface area contributed by atoms with Crippen LogP contribution in [-0.4, -0.2) is 43.8 Å². The van der Waals surface area contributed by atoms with Gasteiger partial charge in [0.15, 0.2) is 0 Å². The van der Waals surface area contributed by atoms with Gasteiger partial charge in [0.25, 0.3) is 0 Å². The fourth-order valence-corrected chi connectivity index (χ4v) is 1.59. The van der Waals surface area contributed by atoms with E-state index in [0.717, 1.165) is 5.01 Å². The van der Waals surface area contributed by atoms with Gasteiger partial charge in [-0.3, -0.25) is 10.2 Å². The second-order valence-electron chi connectivity index (χ2n) is 3.18. The van der Waals surface area contributed by atoms with Gasteiger partial charge in [0.2, 0.25) is 5.91 Å². The number of nitrogens with one attached hydrogen (secondary N) is 2. The predicted octanol–water partition coefficient (Wildman–Crippen LogP) is -0.0245. The maximum atomic E-state index is 12.5. The summed E-state index contributed by atoms with van der Waals surface area (Å²) in [6, 6.07) is -1.75. The zero-order chi connectivity index (χ0) is 10.9. The Hall–Kier alpha value is -0.820. The third-order valence-corrected chi connectivity index (χ3v) is 2.28. The first kappa shape index (κ1) is 11.3. The summed E-state index contributed by atoms with van der Waals surface area (Å²) in [5.41, 5.74) is 2.49. The first-order chi connectivity index (χ1) is 6.38. The largest absolute Gasteiger partial charge is 0.406 e. The Labute approximate surface area is 80.9 Å². The molecule has 1 saturated heterocycles. The molecule has 1 heterocycles. The van der Waals surface area contributed by atoms with Crippen molar-refractivity contribution in [1.82, 2.24) is 15.8 Å². The van der Waals surface area contributed by atoms with Crippen molar-refractivity contribution < 1.29 is 19.4 Å². The molecule has 0 aromatic rings. The average molecular weight is 213 g/mol. The Balaban J connectivity index is 0.00000196. The Morgan fingerprint density at radius 3 is 2.64 bits per heavy atom. The summed E-state index contributed by atoms with van der Waals surface area (Å²) in [6.45, 7) is 0.0142. The lowest BCUT2D eigenvalue weighted by molar-refractivity contribution is -0.187. The number of hydrogen-bond acceptors (Lipinski definition) is 3. The first-order valence-electron chi connectivity index (χ1n) is 4.12. The molecule has 0 spiro atoms. The molecule has 0 aromatic carbocycles. The summed E-state index contributed by atoms with van der Waals surface area (Å²) >= 11 is 0. The summed E-state index contributed by atoms with van der Waals surface area (Å²) in [5.74, 6) is -1.67. The van der Waals surface area contributed by atoms with Crippen LogP contribution in [0.3, 0.4) is 0 Å². The molecule has 7 heteroatoms. The number of hydrogen-bond donors (Lipinski definition) is 2. The highest BCUT2D eigenvalue weighted by molar-refractivity contribution is 5.79. The molecule has 2 atom stereocenters. The predicted molar refractivity (Wildman–Crippen MR) is 45.3 cm³/mol. The minimum atomic E-state index is -4.39. The van der Waals surface area contributed by atoms with Gasteiger partial charge in [0, 0.05) is 22.1 Å². The van der Waals surface area contributed by atoms with Gasteiger partial charge in [-0.15, -0.1) is 0 Å². The molecule has 14 heavy (non-hydrogen) atoms. The molecule has 1 aliphatic rings. The number of halogens is 3. The SMILES string of the molecule is CNC(=O)C1CNN(C)C1C(F)(F)F.[HH]. The van der Waals surface area contributed by atoms with E-state index in [0.29, 0.717) is 0 Å². The smallest absolute Gasteiger partial charge is 0.359 e. The van der Waals surface area contributed by atoms with Crippen molar-refractivity contribution in [3.05, 3.63) is 0 Å². The van der Waals surface area contributed by atoms with E-state index in [4.69, 9.17) is 0 Å². The van der Waals surface area contributed by atoms with Crippen LogP contribution in [0, 0.1) is 5.92 Å². The van der Waals surface area contributed by atoms with Crippen LogP contribution in [-0.2, 0) is 4.79 Å². The van der Waals surface area contributed by atoms with Gasteiger partial charge < -0.3 is 5.32 Å². The van der Waals surface area contributed by atoms with Crippen molar-refractivity contribution in [1.29, 1.82) is 0 Å². The zero-order valence-corrected chi connectivity index (χ0v) is 7.85. The lowest BCUT2D eigenvalue weighted by Crippen LogP contribution is -2.48. The molecular formula is C7H14F3N3O. The van der Waals surface area contributed by atoms with E-state index < -0.39 is 24.0 Å². The van der Waals surface area contributed by atoms with Gasteiger partial charge in [-0.1, -0.05) is 0 Å². The summed E-state index contributed by atoms with van der Waals surface area (Å²) in [6.07, 6.45) is -4.39. The molecule has 4 nitrogen and oxygen atoms in total. The lowest BCUT2D eigenvalue weighted by Gasteiger charge is -2.25. The number of nitrogens with zero attached hydrogens (tertiary/aromatic N) is 1. The highest BCUT2D eigenvalue weighted by Crippen LogP contribution is 2.31. The van der Waals surface area contributed by atoms with Crippen molar-refractivity contribution in [2.45, 2.75) is 12.2 Å². The molecule has 1 aliphatic heterocycles. The van der Waals surface area contributed by atoms with Crippen molar-refractivity contribution >= 4 is 5.91 Å². The Kier molecular flexibility index (Phi) is 3.01. The average Bonchev–Trinajstić information content (AvgIpc) is 2.44. The van der Waals surface area contributed by atoms with Crippen molar-refractivity contribution in [3.8, 4) is 0 Å². The number of hydrazine groups is 1. The standard InChI is InChI=1S/C7H12F3N3O.H2/c1-11-6(14)4-3-12-13(2)5(4)7(8,9)10;/h4-5,12H,3H2,1-2H3,(H,11,14);1H. The van der Waals surface area contributed by atoms with Gasteiger partial charge >= 0.3 is 6.18 Å². The van der Waals surface area contributed by atoms with E-state index in [9.17, 15) is 18.0 Å². The Bertz CT molecular complexity index is 236. The van der Waals surface area contributed by atoms with E-state index in [2.05, 4.69) is 10.7 Å². The summed E-state index contributed by atoms with van der Waals surface area (Å²) < 4.78 is 37.5. The normalized spacial score (nSPS) is 29.2. The van der Waals surface area contributed by atoms with Gasteiger partial charge in [-0.2, -0.15) is 13.2 Å². The second kappa shape index (κ2) is 3.74. The summed E-state index contributed by atoms with van der Waals surface area (Å²) in [7, 11) is 2.61. The second-order valence-corrected chi connectivity index (χ2v) is 3.18. The summed E-state index contributed by atoms with van der Waals surface area (Å²) in [4.78, 5) is 11.1. The molecule has 1 rings (SSSR count). The number of amides is 1. The van der Waals surface area contributed by atoms with Gasteiger partial charge in [0.05, 0.1) is 5.92 Å². The minimum Gasteiger partial charge on any atom is -0.359 e. The van der Waals surface area contributed by atoms with E-state index in [-0.39, 0.29) is 7.97 Å². The molecule has 0 saturated carbocycles. The van der Waals surface area contributed by atoms with Crippen molar-refractivity contribution in [3.63, 3.8) is 0 Å². The maximum Gasteiger partial charge on any atom is 0.406 e. The summed E-state index contributed by atoms with van der Waals surface area (Å²) in [5, 5.41) is 3.15. The Morgan fingerprint density at radius 2 is 2.21 bits per heavy atom. The molecule has 0 radical (unpaired) electrons. The van der Waals surface area contributed by atoms with Crippen LogP contribution in [0.15, 0.2) is 0 Å². The van der Waals surface area contributed by atoms with Crippen LogP contribution in [0.1, 0.15) is 1.43 Å². The zero-order valence-electron chi connectivity index (χ0n) is 7.85. The monoisotopic (exact) mass is 213 g/mol. The third-order valence-electron chi connectivity index (χ3n) is 2.28. The topological polar surface area (TPSA) is 44.4 Å². The van der Waals surface area contributed by atoms with Crippen LogP contribution in [0.4, 0.5) is 13.2 Å². The Morgan fingerprint density at radius 1 is 1.64 bits per heavy atom. The number of rotatable bonds is 1. The van der Waals surface area contributed by atoms with E-state index in [1.54, 1.807) is 0 Å². The quantitative estimate of drug-likeness (QED) is 0.643. The lowest BCUT2D eigenvalue weighted by atomic mass is 10.0. The molecule has 0 aliphatic carbocycles. The molecule has 0 bridgehead atoms. The van der Waals surface area contributed by atoms with Gasteiger partial charge in [-0.05, 0) is 0 Å². The molecule has 0 aromatic heterocycles. The van der Waals surface area contributed by atoms with E-state index in [1.807, 2.05) is 0 Å². The van der Waals surface area contributed by atoms with Crippen LogP contribution in [0.2, 0.25) is 0 Å². The van der Waals surface area contributed by atoms with Crippen molar-refractivity contribution in [2.75, 3.05) is 20.6 Å². The van der Waals surface area contributed by atoms with Crippen LogP contribution in [0.5, 0.6) is 0 Å². The van der Waals surface area contributed by atoms with Crippen molar-refractivity contribution in [2.24, 2.45) is 5.92 Å². The molecule has 1 amide bonds. The van der Waals surface area contributed by atoms with Gasteiger partial charge in [-0.25, -0.2) is 5.01 Å². The number of alkyl halides is 3. The van der Waals surface area contributed by atoms with Crippen LogP contribution < -0.4 is 10.7 Å². The number of carbonyl (C=O) groups is 1. The number of carbonyl (C=O) groups excluding carboxylic acids is 1. The fourth-order valence-electron chi connectivity index (χ4n) is 1.59. The van der Waals surface area contributed by atoms with E-state index in [1.165, 1.54) is 14.1 Å². The maximum absolute atomic E-state index is 12.5. The highest BCUT2D eigenvalue weighted by atomic mass is 19.4. The first-order valence-corrected chi connectivity index (χ1v) is 4.12. The molecule has 2 unspecified atom stereocenters.